The molecule has 25 heavy (non-hydrogen) atoms. The molecule has 0 fully saturated rings. The minimum atomic E-state index is -0.0628. The quantitative estimate of drug-likeness (QED) is 0.357. The zero-order chi connectivity index (χ0) is 17.2. The van der Waals surface area contributed by atoms with Gasteiger partial charge in [0, 0.05) is 32.4 Å². The fourth-order valence-electron chi connectivity index (χ4n) is 2.18. The number of rotatable bonds is 6. The lowest BCUT2D eigenvalue weighted by atomic mass is 10.1. The van der Waals surface area contributed by atoms with Crippen molar-refractivity contribution in [2.75, 3.05) is 18.9 Å². The molecule has 134 valence electrons. The van der Waals surface area contributed by atoms with E-state index in [4.69, 9.17) is 0 Å². The topological polar surface area (TPSA) is 78.4 Å². The van der Waals surface area contributed by atoms with Gasteiger partial charge in [0.05, 0.1) is 12.2 Å². The molecule has 1 aromatic carbocycles. The number of guanidine groups is 1. The van der Waals surface area contributed by atoms with Crippen LogP contribution in [0.5, 0.6) is 0 Å². The van der Waals surface area contributed by atoms with E-state index in [2.05, 4.69) is 25.9 Å². The minimum Gasteiger partial charge on any atom is -0.356 e. The predicted molar refractivity (Wildman–Crippen MR) is 112 cm³/mol. The van der Waals surface area contributed by atoms with E-state index in [9.17, 15) is 4.79 Å². The summed E-state index contributed by atoms with van der Waals surface area (Å²) in [5.74, 6) is 0.683. The predicted octanol–water partition coefficient (Wildman–Crippen LogP) is 2.57. The number of amides is 1. The Hall–Kier alpha value is -2.16. The van der Waals surface area contributed by atoms with Gasteiger partial charge in [-0.05, 0) is 36.2 Å². The molecule has 0 saturated carbocycles. The van der Waals surface area contributed by atoms with Crippen molar-refractivity contribution in [3.63, 3.8) is 0 Å². The number of benzene rings is 1. The minimum absolute atomic E-state index is 0. The van der Waals surface area contributed by atoms with Crippen molar-refractivity contribution in [1.82, 2.24) is 15.6 Å². The molecular formula is C18H24IN5O. The number of hydrogen-bond donors (Lipinski definition) is 3. The lowest BCUT2D eigenvalue weighted by Gasteiger charge is -2.12. The van der Waals surface area contributed by atoms with E-state index in [1.165, 1.54) is 12.5 Å². The summed E-state index contributed by atoms with van der Waals surface area (Å²) in [6.45, 7) is 2.90. The van der Waals surface area contributed by atoms with E-state index in [1.54, 1.807) is 13.2 Å². The Balaban J connectivity index is 0.00000312. The van der Waals surface area contributed by atoms with Crippen LogP contribution >= 0.6 is 24.0 Å². The monoisotopic (exact) mass is 453 g/mol. The first-order valence-corrected chi connectivity index (χ1v) is 7.88. The van der Waals surface area contributed by atoms with Crippen LogP contribution < -0.4 is 16.0 Å². The average Bonchev–Trinajstić information content (AvgIpc) is 2.60. The Morgan fingerprint density at radius 2 is 1.88 bits per heavy atom. The molecule has 6 nitrogen and oxygen atoms in total. The van der Waals surface area contributed by atoms with Crippen molar-refractivity contribution < 1.29 is 4.79 Å². The molecule has 2 aromatic rings. The van der Waals surface area contributed by atoms with E-state index in [0.29, 0.717) is 6.54 Å². The van der Waals surface area contributed by atoms with Gasteiger partial charge >= 0.3 is 0 Å². The van der Waals surface area contributed by atoms with Crippen LogP contribution in [-0.2, 0) is 17.8 Å². The van der Waals surface area contributed by atoms with Gasteiger partial charge in [-0.2, -0.15) is 0 Å². The SMILES string of the molecule is CN=C(NCCc1ccc(NC(C)=O)cc1)NCc1ccccn1.I. The fraction of sp³-hybridized carbons (Fsp3) is 0.278. The van der Waals surface area contributed by atoms with Crippen LogP contribution in [0.25, 0.3) is 0 Å². The fourth-order valence-corrected chi connectivity index (χ4v) is 2.18. The molecule has 2 rings (SSSR count). The van der Waals surface area contributed by atoms with Crippen molar-refractivity contribution in [3.05, 3.63) is 59.9 Å². The van der Waals surface area contributed by atoms with Crippen molar-refractivity contribution in [2.45, 2.75) is 19.9 Å². The van der Waals surface area contributed by atoms with Crippen LogP contribution in [0.4, 0.5) is 5.69 Å². The molecule has 3 N–H and O–H groups in total. The van der Waals surface area contributed by atoms with Crippen LogP contribution in [0.2, 0.25) is 0 Å². The highest BCUT2D eigenvalue weighted by atomic mass is 127. The van der Waals surface area contributed by atoms with Gasteiger partial charge in [0.1, 0.15) is 0 Å². The lowest BCUT2D eigenvalue weighted by Crippen LogP contribution is -2.38. The van der Waals surface area contributed by atoms with Crippen LogP contribution in [0.15, 0.2) is 53.7 Å². The highest BCUT2D eigenvalue weighted by Gasteiger charge is 2.00. The third kappa shape index (κ3) is 7.97. The van der Waals surface area contributed by atoms with Crippen molar-refractivity contribution in [3.8, 4) is 0 Å². The van der Waals surface area contributed by atoms with Crippen molar-refractivity contribution in [2.24, 2.45) is 4.99 Å². The van der Waals surface area contributed by atoms with Crippen LogP contribution in [0.3, 0.4) is 0 Å². The van der Waals surface area contributed by atoms with Crippen molar-refractivity contribution >= 4 is 41.5 Å². The molecule has 0 atom stereocenters. The highest BCUT2D eigenvalue weighted by Crippen LogP contribution is 2.09. The Kier molecular flexibility index (Phi) is 9.53. The summed E-state index contributed by atoms with van der Waals surface area (Å²) in [6.07, 6.45) is 2.64. The molecule has 0 aliphatic heterocycles. The van der Waals surface area contributed by atoms with Crippen LogP contribution in [0, 0.1) is 0 Å². The van der Waals surface area contributed by atoms with E-state index < -0.39 is 0 Å². The average molecular weight is 453 g/mol. The van der Waals surface area contributed by atoms with Gasteiger partial charge in [-0.1, -0.05) is 18.2 Å². The molecule has 7 heteroatoms. The second-order valence-corrected chi connectivity index (χ2v) is 5.30. The second kappa shape index (κ2) is 11.4. The van der Waals surface area contributed by atoms with E-state index >= 15 is 0 Å². The van der Waals surface area contributed by atoms with E-state index in [1.807, 2.05) is 42.5 Å². The molecule has 1 amide bonds. The number of anilines is 1. The maximum absolute atomic E-state index is 11.0. The number of aromatic nitrogens is 1. The zero-order valence-corrected chi connectivity index (χ0v) is 16.8. The Morgan fingerprint density at radius 1 is 1.12 bits per heavy atom. The maximum Gasteiger partial charge on any atom is 0.221 e. The Morgan fingerprint density at radius 3 is 2.48 bits per heavy atom. The number of nitrogens with one attached hydrogen (secondary N) is 3. The summed E-state index contributed by atoms with van der Waals surface area (Å²) in [5.41, 5.74) is 2.97. The molecule has 0 unspecified atom stereocenters. The summed E-state index contributed by atoms with van der Waals surface area (Å²) >= 11 is 0. The lowest BCUT2D eigenvalue weighted by molar-refractivity contribution is -0.114. The standard InChI is InChI=1S/C18H23N5O.HI/c1-14(24)23-16-8-6-15(7-9-16)10-12-21-18(19-2)22-13-17-5-3-4-11-20-17;/h3-9,11H,10,12-13H2,1-2H3,(H,23,24)(H2,19,21,22);1H. The summed E-state index contributed by atoms with van der Waals surface area (Å²) < 4.78 is 0. The summed E-state index contributed by atoms with van der Waals surface area (Å²) in [6, 6.07) is 13.7. The Labute approximate surface area is 165 Å². The summed E-state index contributed by atoms with van der Waals surface area (Å²) in [7, 11) is 1.75. The third-order valence-corrected chi connectivity index (χ3v) is 3.37. The summed E-state index contributed by atoms with van der Waals surface area (Å²) in [4.78, 5) is 19.5. The van der Waals surface area contributed by atoms with Gasteiger partial charge < -0.3 is 16.0 Å². The number of aliphatic imine (C=N–C) groups is 1. The van der Waals surface area contributed by atoms with Gasteiger partial charge in [-0.3, -0.25) is 14.8 Å². The van der Waals surface area contributed by atoms with Gasteiger partial charge in [-0.25, -0.2) is 0 Å². The van der Waals surface area contributed by atoms with Crippen molar-refractivity contribution in [1.29, 1.82) is 0 Å². The van der Waals surface area contributed by atoms with Gasteiger partial charge in [-0.15, -0.1) is 24.0 Å². The summed E-state index contributed by atoms with van der Waals surface area (Å²) in [5, 5.41) is 9.27. The smallest absolute Gasteiger partial charge is 0.221 e. The van der Waals surface area contributed by atoms with Crippen LogP contribution in [0.1, 0.15) is 18.2 Å². The molecule has 0 saturated heterocycles. The molecule has 0 aliphatic carbocycles. The second-order valence-electron chi connectivity index (χ2n) is 5.30. The molecule has 0 radical (unpaired) electrons. The normalized spacial score (nSPS) is 10.6. The highest BCUT2D eigenvalue weighted by molar-refractivity contribution is 14.0. The Bertz CT molecular complexity index is 674. The molecular weight excluding hydrogens is 429 g/mol. The first kappa shape index (κ1) is 20.9. The molecule has 0 bridgehead atoms. The third-order valence-electron chi connectivity index (χ3n) is 3.37. The maximum atomic E-state index is 11.0. The number of pyridine rings is 1. The number of nitrogens with zero attached hydrogens (tertiary/aromatic N) is 2. The first-order valence-electron chi connectivity index (χ1n) is 7.88. The van der Waals surface area contributed by atoms with Gasteiger partial charge in [0.15, 0.2) is 5.96 Å². The number of carbonyl (C=O) groups excluding carboxylic acids is 1. The molecule has 0 aliphatic rings. The largest absolute Gasteiger partial charge is 0.356 e. The first-order chi connectivity index (χ1) is 11.7. The number of hydrogen-bond acceptors (Lipinski definition) is 3. The van der Waals surface area contributed by atoms with Gasteiger partial charge in [0.25, 0.3) is 0 Å². The molecule has 1 heterocycles. The van der Waals surface area contributed by atoms with E-state index in [-0.39, 0.29) is 29.9 Å². The number of carbonyl (C=O) groups is 1. The van der Waals surface area contributed by atoms with Gasteiger partial charge in [0.2, 0.25) is 5.91 Å². The molecule has 0 spiro atoms. The van der Waals surface area contributed by atoms with Crippen LogP contribution in [-0.4, -0.2) is 30.4 Å². The molecule has 1 aromatic heterocycles. The zero-order valence-electron chi connectivity index (χ0n) is 14.5. The van der Waals surface area contributed by atoms with E-state index in [0.717, 1.165) is 30.3 Å². The number of halogens is 1.